The Morgan fingerprint density at radius 1 is 0.779 bits per heavy atom. The maximum absolute atomic E-state index is 14.4. The lowest BCUT2D eigenvalue weighted by molar-refractivity contribution is -0.0536. The van der Waals surface area contributed by atoms with Gasteiger partial charge in [-0.2, -0.15) is 0 Å². The third-order valence-electron chi connectivity index (χ3n) is 18.5. The van der Waals surface area contributed by atoms with Crippen molar-refractivity contribution in [3.05, 3.63) is 11.6 Å². The van der Waals surface area contributed by atoms with Gasteiger partial charge in [0.05, 0.1) is 6.61 Å². The number of hydrogen-bond acceptors (Lipinski definition) is 7. The molecule has 8 unspecified atom stereocenters. The number of amides is 3. The Morgan fingerprint density at radius 3 is 2.06 bits per heavy atom. The summed E-state index contributed by atoms with van der Waals surface area (Å²) < 4.78 is 17.8. The lowest BCUT2D eigenvalue weighted by Gasteiger charge is -2.58. The molecule has 0 aromatic carbocycles. The molecule has 394 valence electrons. The molecule has 3 N–H and O–H groups in total. The number of ether oxygens (including phenoxy) is 3. The van der Waals surface area contributed by atoms with Gasteiger partial charge in [-0.1, -0.05) is 114 Å². The maximum atomic E-state index is 14.4. The number of alkyl carbamates (subject to hydrolysis) is 2. The minimum Gasteiger partial charge on any atom is -0.449 e. The first kappa shape index (κ1) is 58.1. The van der Waals surface area contributed by atoms with Gasteiger partial charge in [0.1, 0.15) is 11.7 Å². The Labute approximate surface area is 417 Å². The van der Waals surface area contributed by atoms with E-state index in [-0.39, 0.29) is 34.7 Å². The topological polar surface area (TPSA) is 118 Å². The molecule has 10 nitrogen and oxygen atoms in total. The lowest BCUT2D eigenvalue weighted by Crippen LogP contribution is -2.52. The molecule has 0 aromatic heterocycles. The highest BCUT2D eigenvalue weighted by molar-refractivity contribution is 5.69. The number of carbonyl (C=O) groups is 3. The van der Waals surface area contributed by atoms with Gasteiger partial charge in [0, 0.05) is 30.6 Å². The van der Waals surface area contributed by atoms with Crippen LogP contribution < -0.4 is 16.0 Å². The third-order valence-corrected chi connectivity index (χ3v) is 18.5. The van der Waals surface area contributed by atoms with Crippen LogP contribution in [-0.2, 0) is 14.2 Å². The van der Waals surface area contributed by atoms with E-state index in [0.717, 1.165) is 113 Å². The minimum atomic E-state index is -0.600. The van der Waals surface area contributed by atoms with Crippen molar-refractivity contribution in [1.82, 2.24) is 20.9 Å². The lowest BCUT2D eigenvalue weighted by atomic mass is 9.47. The summed E-state index contributed by atoms with van der Waals surface area (Å²) in [6.07, 6.45) is 22.8. The van der Waals surface area contributed by atoms with Crippen LogP contribution in [0.5, 0.6) is 0 Å². The Morgan fingerprint density at radius 2 is 1.44 bits per heavy atom. The average molecular weight is 956 g/mol. The standard InChI is InChI=1S/C58H106N4O6/c1-16-43(42(6)7)24-23-25-44-27-29-48-47-28-26-45-40-46(30-32-56(45,15)49(47)31-33-55(44,48)14)67-52(65)62(39-35-58(19-4,20-5)61-51(64)68-54(11,12)13)38-22-21-36-59-37-34-57(17-2,18-3)60-50(63)66-41-53(8,9)10/h26,42-44,46-49,59H,16-25,27-41H2,1-15H3,(H,60,63)(H,61,64). The van der Waals surface area contributed by atoms with Gasteiger partial charge in [-0.25, -0.2) is 14.4 Å². The van der Waals surface area contributed by atoms with Crippen LogP contribution in [0.4, 0.5) is 14.4 Å². The van der Waals surface area contributed by atoms with E-state index in [1.165, 1.54) is 57.8 Å². The molecule has 10 heteroatoms. The molecule has 4 aliphatic rings. The fraction of sp³-hybridized carbons (Fsp3) is 0.914. The van der Waals surface area contributed by atoms with Gasteiger partial charge in [-0.05, 0) is 188 Å². The van der Waals surface area contributed by atoms with Gasteiger partial charge in [-0.15, -0.1) is 0 Å². The summed E-state index contributed by atoms with van der Waals surface area (Å²) in [6, 6.07) is 0. The van der Waals surface area contributed by atoms with Crippen molar-refractivity contribution in [1.29, 1.82) is 0 Å². The first-order valence-electron chi connectivity index (χ1n) is 28.2. The monoisotopic (exact) mass is 955 g/mol. The Balaban J connectivity index is 1.37. The molecule has 0 bridgehead atoms. The van der Waals surface area contributed by atoms with E-state index >= 15 is 0 Å². The van der Waals surface area contributed by atoms with Gasteiger partial charge in [0.2, 0.25) is 0 Å². The largest absolute Gasteiger partial charge is 0.449 e. The zero-order chi connectivity index (χ0) is 50.6. The van der Waals surface area contributed by atoms with Crippen LogP contribution >= 0.6 is 0 Å². The second kappa shape index (κ2) is 25.3. The zero-order valence-electron chi connectivity index (χ0n) is 46.7. The van der Waals surface area contributed by atoms with Crippen molar-refractivity contribution in [2.45, 2.75) is 255 Å². The highest BCUT2D eigenvalue weighted by Crippen LogP contribution is 2.67. The van der Waals surface area contributed by atoms with E-state index in [4.69, 9.17) is 14.2 Å². The van der Waals surface area contributed by atoms with Crippen LogP contribution in [0, 0.1) is 51.8 Å². The molecule has 0 heterocycles. The van der Waals surface area contributed by atoms with E-state index < -0.39 is 17.2 Å². The normalized spacial score (nSPS) is 26.8. The zero-order valence-corrected chi connectivity index (χ0v) is 46.7. The molecule has 0 radical (unpaired) electrons. The molecule has 0 aromatic rings. The molecule has 4 aliphatic carbocycles. The van der Waals surface area contributed by atoms with Gasteiger partial charge in [0.25, 0.3) is 0 Å². The van der Waals surface area contributed by atoms with Gasteiger partial charge < -0.3 is 35.1 Å². The molecule has 68 heavy (non-hydrogen) atoms. The number of allylic oxidation sites excluding steroid dienone is 1. The number of unbranched alkanes of at least 4 members (excludes halogenated alkanes) is 1. The van der Waals surface area contributed by atoms with Crippen molar-refractivity contribution in [3.63, 3.8) is 0 Å². The predicted octanol–water partition coefficient (Wildman–Crippen LogP) is 14.8. The highest BCUT2D eigenvalue weighted by atomic mass is 16.6. The summed E-state index contributed by atoms with van der Waals surface area (Å²) in [5.41, 5.74) is 0.711. The number of nitrogens with one attached hydrogen (secondary N) is 3. The number of hydrogen-bond donors (Lipinski definition) is 3. The van der Waals surface area contributed by atoms with Crippen LogP contribution in [0.3, 0.4) is 0 Å². The number of fused-ring (bicyclic) bond motifs is 5. The second-order valence-electron chi connectivity index (χ2n) is 25.5. The van der Waals surface area contributed by atoms with Crippen LogP contribution in [0.15, 0.2) is 11.6 Å². The fourth-order valence-corrected chi connectivity index (χ4v) is 13.6. The van der Waals surface area contributed by atoms with Crippen molar-refractivity contribution in [3.8, 4) is 0 Å². The van der Waals surface area contributed by atoms with Crippen molar-refractivity contribution in [2.75, 3.05) is 32.8 Å². The number of rotatable bonds is 25. The first-order chi connectivity index (χ1) is 31.9. The summed E-state index contributed by atoms with van der Waals surface area (Å²) in [6.45, 7) is 35.7. The Bertz CT molecular complexity index is 1610. The fourth-order valence-electron chi connectivity index (χ4n) is 13.6. The van der Waals surface area contributed by atoms with E-state index in [9.17, 15) is 14.4 Å². The number of nitrogens with zero attached hydrogens (tertiary/aromatic N) is 1. The van der Waals surface area contributed by atoms with Crippen LogP contribution in [-0.4, -0.2) is 78.7 Å². The average Bonchev–Trinajstić information content (AvgIpc) is 3.61. The third kappa shape index (κ3) is 15.8. The molecule has 3 amide bonds. The maximum Gasteiger partial charge on any atom is 0.410 e. The molecule has 4 rings (SSSR count). The van der Waals surface area contributed by atoms with Crippen LogP contribution in [0.2, 0.25) is 0 Å². The second-order valence-corrected chi connectivity index (χ2v) is 25.5. The SMILES string of the molecule is CCC(CCCC1CCC2C3CC=C4CC(OC(=O)N(CCCCNCCC(CC)(CC)NC(=O)OCC(C)(C)C)CCC(CC)(CC)NC(=O)OC(C)(C)C)CCC4(C)C3CCC12C)C(C)C. The summed E-state index contributed by atoms with van der Waals surface area (Å²) in [7, 11) is 0. The smallest absolute Gasteiger partial charge is 0.410 e. The molecule has 0 saturated heterocycles. The minimum absolute atomic E-state index is 0.0866. The van der Waals surface area contributed by atoms with E-state index in [1.807, 2.05) is 25.7 Å². The molecule has 8 atom stereocenters. The Kier molecular flexibility index (Phi) is 21.6. The van der Waals surface area contributed by atoms with Gasteiger partial charge in [0.15, 0.2) is 0 Å². The summed E-state index contributed by atoms with van der Waals surface area (Å²) in [4.78, 5) is 42.1. The number of carbonyl (C=O) groups excluding carboxylic acids is 3. The van der Waals surface area contributed by atoms with Crippen LogP contribution in [0.1, 0.15) is 232 Å². The molecule has 3 fully saturated rings. The first-order valence-corrected chi connectivity index (χ1v) is 28.2. The molecule has 0 aliphatic heterocycles. The van der Waals surface area contributed by atoms with Crippen LogP contribution in [0.25, 0.3) is 0 Å². The molecular weight excluding hydrogens is 849 g/mol. The molecule has 3 saturated carbocycles. The van der Waals surface area contributed by atoms with Crippen molar-refractivity contribution < 1.29 is 28.6 Å². The van der Waals surface area contributed by atoms with E-state index in [1.54, 1.807) is 5.57 Å². The molecule has 0 spiro atoms. The molecular formula is C58H106N4O6. The summed E-state index contributed by atoms with van der Waals surface area (Å²) >= 11 is 0. The van der Waals surface area contributed by atoms with E-state index in [2.05, 4.69) is 105 Å². The highest BCUT2D eigenvalue weighted by Gasteiger charge is 2.58. The quantitative estimate of drug-likeness (QED) is 0.0474. The summed E-state index contributed by atoms with van der Waals surface area (Å²) in [5, 5.41) is 9.99. The van der Waals surface area contributed by atoms with Crippen molar-refractivity contribution in [2.24, 2.45) is 51.8 Å². The van der Waals surface area contributed by atoms with E-state index in [0.29, 0.717) is 31.5 Å². The van der Waals surface area contributed by atoms with Crippen molar-refractivity contribution >= 4 is 18.3 Å². The van der Waals surface area contributed by atoms with Gasteiger partial charge in [-0.3, -0.25) is 0 Å². The van der Waals surface area contributed by atoms with Gasteiger partial charge >= 0.3 is 18.3 Å². The Hall–Kier alpha value is -2.49. The summed E-state index contributed by atoms with van der Waals surface area (Å²) in [5.74, 6) is 4.88. The predicted molar refractivity (Wildman–Crippen MR) is 281 cm³/mol.